The molecule has 24 heavy (non-hydrogen) atoms. The Balaban J connectivity index is 2.19. The van der Waals surface area contributed by atoms with Gasteiger partial charge in [-0.3, -0.25) is 9.59 Å². The first-order chi connectivity index (χ1) is 11.1. The maximum Gasteiger partial charge on any atom is 0.323 e. The summed E-state index contributed by atoms with van der Waals surface area (Å²) in [6, 6.07) is -0.298. The lowest BCUT2D eigenvalue weighted by Gasteiger charge is -2.36. The van der Waals surface area contributed by atoms with Crippen LogP contribution in [-0.2, 0) is 14.8 Å². The van der Waals surface area contributed by atoms with Crippen LogP contribution < -0.4 is 0 Å². The molecule has 0 spiro atoms. The second-order valence-electron chi connectivity index (χ2n) is 5.87. The average Bonchev–Trinajstić information content (AvgIpc) is 2.82. The zero-order valence-electron chi connectivity index (χ0n) is 13.9. The van der Waals surface area contributed by atoms with Crippen LogP contribution in [0.3, 0.4) is 0 Å². The number of aliphatic carboxylic acids is 1. The molecule has 2 heterocycles. The highest BCUT2D eigenvalue weighted by Crippen LogP contribution is 2.24. The van der Waals surface area contributed by atoms with Gasteiger partial charge in [-0.05, 0) is 26.7 Å². The molecule has 2 rings (SSSR count). The number of aromatic nitrogens is 1. The maximum atomic E-state index is 12.8. The molecule has 0 atom stereocenters. The number of hydrogen-bond acceptors (Lipinski definition) is 6. The van der Waals surface area contributed by atoms with Crippen molar-refractivity contribution < 1.29 is 23.1 Å². The number of amides is 1. The molecular weight excluding hydrogens is 354 g/mol. The van der Waals surface area contributed by atoms with Crippen LogP contribution in [0.25, 0.3) is 0 Å². The topological polar surface area (TPSA) is 108 Å². The largest absolute Gasteiger partial charge is 0.480 e. The van der Waals surface area contributed by atoms with E-state index < -0.39 is 22.5 Å². The number of carbonyl (C=O) groups is 2. The van der Waals surface area contributed by atoms with E-state index in [2.05, 4.69) is 4.98 Å². The molecule has 0 aromatic carbocycles. The Kier molecular flexibility index (Phi) is 5.61. The number of nitrogens with zero attached hydrogens (tertiary/aromatic N) is 3. The molecule has 1 aromatic rings. The number of hydrogen-bond donors (Lipinski definition) is 1. The highest BCUT2D eigenvalue weighted by Gasteiger charge is 2.33. The molecule has 1 aromatic heterocycles. The third-order valence-electron chi connectivity index (χ3n) is 4.00. The summed E-state index contributed by atoms with van der Waals surface area (Å²) >= 11 is 1.25. The van der Waals surface area contributed by atoms with Gasteiger partial charge in [-0.2, -0.15) is 0 Å². The van der Waals surface area contributed by atoms with E-state index in [0.717, 1.165) is 11.3 Å². The summed E-state index contributed by atoms with van der Waals surface area (Å²) in [5.41, 5.74) is 0.589. The summed E-state index contributed by atoms with van der Waals surface area (Å²) in [5.74, 6) is -1.44. The van der Waals surface area contributed by atoms with E-state index in [1.807, 2.05) is 0 Å². The van der Waals surface area contributed by atoms with Gasteiger partial charge in [-0.25, -0.2) is 17.7 Å². The lowest BCUT2D eigenvalue weighted by molar-refractivity contribution is -0.138. The number of aryl methyl sites for hydroxylation is 2. The Hall–Kier alpha value is -1.52. The van der Waals surface area contributed by atoms with Crippen molar-refractivity contribution in [2.75, 3.05) is 25.9 Å². The standard InChI is InChI=1S/C14H21N3O5S2/c1-9-13(23-10(2)15-9)14(20)17(8-12(18)19)11-4-6-16(7-5-11)24(3,21)22/h11H,4-8H2,1-3H3,(H,18,19). The van der Waals surface area contributed by atoms with Crippen LogP contribution in [-0.4, -0.2) is 71.5 Å². The molecule has 0 saturated carbocycles. The number of rotatable bonds is 5. The molecule has 0 aliphatic carbocycles. The second-order valence-corrected chi connectivity index (χ2v) is 9.05. The summed E-state index contributed by atoms with van der Waals surface area (Å²) in [6.45, 7) is 3.68. The van der Waals surface area contributed by atoms with Crippen molar-refractivity contribution in [3.63, 3.8) is 0 Å². The van der Waals surface area contributed by atoms with E-state index in [1.54, 1.807) is 13.8 Å². The van der Waals surface area contributed by atoms with Gasteiger partial charge in [0.05, 0.1) is 17.0 Å². The third kappa shape index (κ3) is 4.31. The summed E-state index contributed by atoms with van der Waals surface area (Å²) in [5, 5.41) is 9.90. The van der Waals surface area contributed by atoms with E-state index in [9.17, 15) is 18.0 Å². The van der Waals surface area contributed by atoms with E-state index >= 15 is 0 Å². The van der Waals surface area contributed by atoms with Gasteiger partial charge in [0.2, 0.25) is 10.0 Å². The molecule has 134 valence electrons. The summed E-state index contributed by atoms with van der Waals surface area (Å²) in [4.78, 5) is 30.0. The van der Waals surface area contributed by atoms with Crippen molar-refractivity contribution in [2.45, 2.75) is 32.7 Å². The number of piperidine rings is 1. The minimum absolute atomic E-state index is 0.285. The van der Waals surface area contributed by atoms with Gasteiger partial charge in [-0.15, -0.1) is 11.3 Å². The molecule has 1 amide bonds. The second kappa shape index (κ2) is 7.16. The fraction of sp³-hybridized carbons (Fsp3) is 0.643. The predicted molar refractivity (Wildman–Crippen MR) is 89.7 cm³/mol. The van der Waals surface area contributed by atoms with Crippen LogP contribution >= 0.6 is 11.3 Å². The first kappa shape index (κ1) is 18.8. The van der Waals surface area contributed by atoms with E-state index in [0.29, 0.717) is 23.4 Å². The molecule has 1 aliphatic rings. The molecule has 1 N–H and O–H groups in total. The molecule has 1 aliphatic heterocycles. The summed E-state index contributed by atoms with van der Waals surface area (Å²) in [7, 11) is -3.27. The predicted octanol–water partition coefficient (Wildman–Crippen LogP) is 0.711. The number of sulfonamides is 1. The Morgan fingerprint density at radius 3 is 2.33 bits per heavy atom. The summed E-state index contributed by atoms with van der Waals surface area (Å²) < 4.78 is 24.5. The van der Waals surface area contributed by atoms with Crippen molar-refractivity contribution in [2.24, 2.45) is 0 Å². The van der Waals surface area contributed by atoms with Gasteiger partial charge in [0.1, 0.15) is 11.4 Å². The zero-order valence-corrected chi connectivity index (χ0v) is 15.5. The van der Waals surface area contributed by atoms with Crippen molar-refractivity contribution in [3.05, 3.63) is 15.6 Å². The Labute approximate surface area is 145 Å². The molecule has 10 heteroatoms. The maximum absolute atomic E-state index is 12.8. The lowest BCUT2D eigenvalue weighted by Crippen LogP contribution is -2.50. The Bertz CT molecular complexity index is 736. The Morgan fingerprint density at radius 2 is 1.92 bits per heavy atom. The lowest BCUT2D eigenvalue weighted by atomic mass is 10.0. The molecule has 1 fully saturated rings. The third-order valence-corrected chi connectivity index (χ3v) is 6.36. The quantitative estimate of drug-likeness (QED) is 0.812. The molecule has 0 radical (unpaired) electrons. The normalized spacial score (nSPS) is 17.0. The van der Waals surface area contributed by atoms with Crippen LogP contribution in [0.5, 0.6) is 0 Å². The fourth-order valence-corrected chi connectivity index (χ4v) is 4.61. The molecular formula is C14H21N3O5S2. The SMILES string of the molecule is Cc1nc(C)c(C(=O)N(CC(=O)O)C2CCN(S(C)(=O)=O)CC2)s1. The van der Waals surface area contributed by atoms with Gasteiger partial charge in [-0.1, -0.05) is 0 Å². The first-order valence-electron chi connectivity index (χ1n) is 7.51. The first-order valence-corrected chi connectivity index (χ1v) is 10.2. The molecule has 1 saturated heterocycles. The highest BCUT2D eigenvalue weighted by atomic mass is 32.2. The van der Waals surface area contributed by atoms with Crippen molar-refractivity contribution in [1.82, 2.24) is 14.2 Å². The molecule has 8 nitrogen and oxygen atoms in total. The fourth-order valence-electron chi connectivity index (χ4n) is 2.86. The average molecular weight is 375 g/mol. The van der Waals surface area contributed by atoms with E-state index in [1.165, 1.54) is 20.5 Å². The van der Waals surface area contributed by atoms with Gasteiger partial charge in [0.15, 0.2) is 0 Å². The number of carboxylic acid groups (broad SMARTS) is 1. The van der Waals surface area contributed by atoms with Crippen LogP contribution in [0.4, 0.5) is 0 Å². The van der Waals surface area contributed by atoms with Crippen LogP contribution in [0.15, 0.2) is 0 Å². The smallest absolute Gasteiger partial charge is 0.323 e. The van der Waals surface area contributed by atoms with E-state index in [-0.39, 0.29) is 25.0 Å². The zero-order chi connectivity index (χ0) is 18.1. The van der Waals surface area contributed by atoms with Gasteiger partial charge < -0.3 is 10.0 Å². The van der Waals surface area contributed by atoms with Crippen LogP contribution in [0.1, 0.15) is 33.2 Å². The molecule has 0 bridgehead atoms. The van der Waals surface area contributed by atoms with Crippen molar-refractivity contribution in [3.8, 4) is 0 Å². The summed E-state index contributed by atoms with van der Waals surface area (Å²) in [6.07, 6.45) is 1.99. The van der Waals surface area contributed by atoms with Gasteiger partial charge in [0.25, 0.3) is 5.91 Å². The number of carbonyl (C=O) groups excluding carboxylic acids is 1. The highest BCUT2D eigenvalue weighted by molar-refractivity contribution is 7.88. The minimum Gasteiger partial charge on any atom is -0.480 e. The minimum atomic E-state index is -3.27. The van der Waals surface area contributed by atoms with Crippen molar-refractivity contribution >= 4 is 33.2 Å². The number of carboxylic acids is 1. The van der Waals surface area contributed by atoms with Crippen LogP contribution in [0.2, 0.25) is 0 Å². The monoisotopic (exact) mass is 375 g/mol. The van der Waals surface area contributed by atoms with Gasteiger partial charge in [0, 0.05) is 19.1 Å². The van der Waals surface area contributed by atoms with Gasteiger partial charge >= 0.3 is 5.97 Å². The molecule has 0 unspecified atom stereocenters. The van der Waals surface area contributed by atoms with Crippen molar-refractivity contribution in [1.29, 1.82) is 0 Å². The Morgan fingerprint density at radius 1 is 1.33 bits per heavy atom. The van der Waals surface area contributed by atoms with E-state index in [4.69, 9.17) is 5.11 Å². The number of thiazole rings is 1. The van der Waals surface area contributed by atoms with Crippen LogP contribution in [0, 0.1) is 13.8 Å².